The van der Waals surface area contributed by atoms with Crippen molar-refractivity contribution in [1.29, 1.82) is 0 Å². The summed E-state index contributed by atoms with van der Waals surface area (Å²) in [6, 6.07) is 10.5. The third-order valence-electron chi connectivity index (χ3n) is 2.41. The van der Waals surface area contributed by atoms with E-state index in [0.717, 1.165) is 6.42 Å². The largest absolute Gasteiger partial charge is 0.0778 e. The predicted molar refractivity (Wildman–Crippen MR) is 84.6 cm³/mol. The Kier molecular flexibility index (Phi) is 9.67. The second-order valence-corrected chi connectivity index (χ2v) is 3.54. The normalized spacial score (nSPS) is 12.9. The van der Waals surface area contributed by atoms with Crippen LogP contribution in [0.25, 0.3) is 5.57 Å². The van der Waals surface area contributed by atoms with E-state index in [1.54, 1.807) is 0 Å². The summed E-state index contributed by atoms with van der Waals surface area (Å²) >= 11 is 0. The van der Waals surface area contributed by atoms with E-state index in [0.29, 0.717) is 0 Å². The molecule has 0 nitrogen and oxygen atoms in total. The van der Waals surface area contributed by atoms with Gasteiger partial charge in [-0.3, -0.25) is 0 Å². The fourth-order valence-electron chi connectivity index (χ4n) is 1.57. The zero-order valence-corrected chi connectivity index (χ0v) is 12.4. The van der Waals surface area contributed by atoms with Crippen LogP contribution in [0.5, 0.6) is 0 Å². The molecule has 0 aromatic heterocycles. The lowest BCUT2D eigenvalue weighted by molar-refractivity contribution is 1.35. The van der Waals surface area contributed by atoms with Gasteiger partial charge in [0.15, 0.2) is 0 Å². The molecular formula is C18H26. The van der Waals surface area contributed by atoms with Crippen LogP contribution in [0.15, 0.2) is 60.2 Å². The van der Waals surface area contributed by atoms with Crippen molar-refractivity contribution in [3.63, 3.8) is 0 Å². The number of hydrogen-bond acceptors (Lipinski definition) is 0. The van der Waals surface area contributed by atoms with Gasteiger partial charge >= 0.3 is 0 Å². The van der Waals surface area contributed by atoms with Crippen molar-refractivity contribution < 1.29 is 0 Å². The van der Waals surface area contributed by atoms with E-state index in [9.17, 15) is 0 Å². The molecule has 0 saturated heterocycles. The van der Waals surface area contributed by atoms with Crippen LogP contribution in [0, 0.1) is 0 Å². The van der Waals surface area contributed by atoms with Crippen molar-refractivity contribution in [3.05, 3.63) is 65.8 Å². The van der Waals surface area contributed by atoms with Crippen LogP contribution >= 0.6 is 0 Å². The van der Waals surface area contributed by atoms with Crippen molar-refractivity contribution in [1.82, 2.24) is 0 Å². The third kappa shape index (κ3) is 5.67. The number of rotatable bonds is 1. The Labute approximate surface area is 113 Å². The quantitative estimate of drug-likeness (QED) is 0.564. The first-order valence-electron chi connectivity index (χ1n) is 6.97. The lowest BCUT2D eigenvalue weighted by Gasteiger charge is -2.00. The highest BCUT2D eigenvalue weighted by Crippen LogP contribution is 2.19. The molecule has 1 aromatic rings. The van der Waals surface area contributed by atoms with Gasteiger partial charge in [0.25, 0.3) is 0 Å². The van der Waals surface area contributed by atoms with Crippen LogP contribution in [-0.2, 0) is 0 Å². The molecule has 98 valence electrons. The lowest BCUT2D eigenvalue weighted by atomic mass is 10.1. The minimum Gasteiger partial charge on any atom is -0.0778 e. The highest BCUT2D eigenvalue weighted by Gasteiger charge is 1.98. The molecule has 0 bridgehead atoms. The maximum Gasteiger partial charge on any atom is -0.0154 e. The van der Waals surface area contributed by atoms with Crippen LogP contribution < -0.4 is 0 Å². The average molecular weight is 242 g/mol. The summed E-state index contributed by atoms with van der Waals surface area (Å²) in [4.78, 5) is 0. The molecule has 1 aromatic carbocycles. The lowest BCUT2D eigenvalue weighted by Crippen LogP contribution is -1.78. The van der Waals surface area contributed by atoms with E-state index in [4.69, 9.17) is 0 Å². The van der Waals surface area contributed by atoms with E-state index >= 15 is 0 Å². The molecule has 18 heavy (non-hydrogen) atoms. The summed E-state index contributed by atoms with van der Waals surface area (Å²) in [5, 5.41) is 0. The second-order valence-electron chi connectivity index (χ2n) is 3.54. The van der Waals surface area contributed by atoms with Gasteiger partial charge in [0.2, 0.25) is 0 Å². The SMILES string of the molecule is CC.CC.CC1=CCC=C(c2ccccc2)C=C1. The van der Waals surface area contributed by atoms with Crippen molar-refractivity contribution >= 4 is 5.57 Å². The Balaban J connectivity index is 0.000000659. The first-order chi connectivity index (χ1) is 8.86. The van der Waals surface area contributed by atoms with Crippen LogP contribution in [-0.4, -0.2) is 0 Å². The fourth-order valence-corrected chi connectivity index (χ4v) is 1.57. The van der Waals surface area contributed by atoms with Gasteiger partial charge in [-0.05, 0) is 24.5 Å². The Morgan fingerprint density at radius 1 is 0.778 bits per heavy atom. The van der Waals surface area contributed by atoms with E-state index in [2.05, 4.69) is 55.5 Å². The predicted octanol–water partition coefficient (Wildman–Crippen LogP) is 6.03. The minimum absolute atomic E-state index is 1.03. The smallest absolute Gasteiger partial charge is 0.0154 e. The molecule has 0 amide bonds. The molecule has 0 heterocycles. The Morgan fingerprint density at radius 2 is 1.39 bits per heavy atom. The molecule has 0 spiro atoms. The maximum absolute atomic E-state index is 2.27. The summed E-state index contributed by atoms with van der Waals surface area (Å²) in [5.74, 6) is 0. The summed E-state index contributed by atoms with van der Waals surface area (Å²) in [6.45, 7) is 10.1. The molecule has 0 unspecified atom stereocenters. The number of allylic oxidation sites excluding steroid dienone is 6. The zero-order chi connectivity index (χ0) is 13.8. The maximum atomic E-state index is 2.27. The van der Waals surface area contributed by atoms with Gasteiger partial charge in [-0.1, -0.05) is 87.9 Å². The third-order valence-corrected chi connectivity index (χ3v) is 2.41. The van der Waals surface area contributed by atoms with Crippen LogP contribution in [0.3, 0.4) is 0 Å². The second kappa shape index (κ2) is 10.6. The summed E-state index contributed by atoms with van der Waals surface area (Å²) in [6.07, 6.45) is 9.90. The molecular weight excluding hydrogens is 216 g/mol. The molecule has 0 heteroatoms. The molecule has 2 rings (SSSR count). The highest BCUT2D eigenvalue weighted by molar-refractivity contribution is 5.75. The summed E-state index contributed by atoms with van der Waals surface area (Å²) in [7, 11) is 0. The molecule has 0 radical (unpaired) electrons. The number of benzene rings is 1. The van der Waals surface area contributed by atoms with Gasteiger partial charge in [0.1, 0.15) is 0 Å². The summed E-state index contributed by atoms with van der Waals surface area (Å²) < 4.78 is 0. The van der Waals surface area contributed by atoms with Crippen molar-refractivity contribution in [2.75, 3.05) is 0 Å². The molecule has 1 aliphatic carbocycles. The van der Waals surface area contributed by atoms with Gasteiger partial charge in [-0.15, -0.1) is 0 Å². The fraction of sp³-hybridized carbons (Fsp3) is 0.333. The Bertz CT molecular complexity index is 391. The number of hydrogen-bond donors (Lipinski definition) is 0. The van der Waals surface area contributed by atoms with Gasteiger partial charge < -0.3 is 0 Å². The minimum atomic E-state index is 1.03. The van der Waals surface area contributed by atoms with E-state index in [1.807, 2.05) is 33.8 Å². The van der Waals surface area contributed by atoms with Gasteiger partial charge in [-0.2, -0.15) is 0 Å². The molecule has 1 aliphatic rings. The van der Waals surface area contributed by atoms with Gasteiger partial charge in [0.05, 0.1) is 0 Å². The van der Waals surface area contributed by atoms with Crippen LogP contribution in [0.1, 0.15) is 46.6 Å². The van der Waals surface area contributed by atoms with E-state index in [-0.39, 0.29) is 0 Å². The first kappa shape index (κ1) is 16.4. The topological polar surface area (TPSA) is 0 Å². The van der Waals surface area contributed by atoms with Crippen molar-refractivity contribution in [3.8, 4) is 0 Å². The van der Waals surface area contributed by atoms with Crippen LogP contribution in [0.4, 0.5) is 0 Å². The Morgan fingerprint density at radius 3 is 2.00 bits per heavy atom. The van der Waals surface area contributed by atoms with E-state index < -0.39 is 0 Å². The average Bonchev–Trinajstić information content (AvgIpc) is 2.69. The van der Waals surface area contributed by atoms with Crippen molar-refractivity contribution in [2.45, 2.75) is 41.0 Å². The molecule has 0 N–H and O–H groups in total. The van der Waals surface area contributed by atoms with Crippen molar-refractivity contribution in [2.24, 2.45) is 0 Å². The van der Waals surface area contributed by atoms with Crippen LogP contribution in [0.2, 0.25) is 0 Å². The monoisotopic (exact) mass is 242 g/mol. The zero-order valence-electron chi connectivity index (χ0n) is 12.4. The highest BCUT2D eigenvalue weighted by atomic mass is 14.0. The standard InChI is InChI=1S/C14H14.2C2H6/c1-12-6-5-9-14(11-10-12)13-7-3-2-4-8-13;2*1-2/h2-4,6-11H,5H2,1H3;2*1-2H3. The molecule has 0 fully saturated rings. The molecule has 0 aliphatic heterocycles. The van der Waals surface area contributed by atoms with E-state index in [1.165, 1.54) is 16.7 Å². The Hall–Kier alpha value is -1.56. The van der Waals surface area contributed by atoms with Gasteiger partial charge in [0, 0.05) is 0 Å². The molecule has 0 atom stereocenters. The van der Waals surface area contributed by atoms with Gasteiger partial charge in [-0.25, -0.2) is 0 Å². The summed E-state index contributed by atoms with van der Waals surface area (Å²) in [5.41, 5.74) is 3.96. The molecule has 0 saturated carbocycles. The first-order valence-corrected chi connectivity index (χ1v) is 6.97.